The number of thiophene rings is 1. The molecule has 1 aliphatic carbocycles. The first-order chi connectivity index (χ1) is 7.65. The van der Waals surface area contributed by atoms with E-state index in [1.165, 1.54) is 17.7 Å². The summed E-state index contributed by atoms with van der Waals surface area (Å²) < 4.78 is 0.882. The maximum atomic E-state index is 5.92. The summed E-state index contributed by atoms with van der Waals surface area (Å²) in [5.74, 6) is 0. The van der Waals surface area contributed by atoms with E-state index in [0.717, 1.165) is 23.5 Å². The largest absolute Gasteiger partial charge is 0.312 e. The van der Waals surface area contributed by atoms with E-state index in [4.69, 9.17) is 11.6 Å². The molecule has 1 N–H and O–H groups in total. The number of likely N-dealkylation sites (N-methyl/N-ethyl adjacent to an activating group) is 1. The van der Waals surface area contributed by atoms with Crippen LogP contribution in [0.5, 0.6) is 0 Å². The predicted molar refractivity (Wildman–Crippen MR) is 71.3 cm³/mol. The Morgan fingerprint density at radius 3 is 2.88 bits per heavy atom. The van der Waals surface area contributed by atoms with Gasteiger partial charge in [-0.2, -0.15) is 0 Å². The van der Waals surface area contributed by atoms with E-state index >= 15 is 0 Å². The van der Waals surface area contributed by atoms with Crippen LogP contribution in [-0.4, -0.2) is 30.6 Å². The molecule has 1 saturated carbocycles. The highest BCUT2D eigenvalue weighted by molar-refractivity contribution is 7.16. The van der Waals surface area contributed by atoms with E-state index < -0.39 is 0 Å². The summed E-state index contributed by atoms with van der Waals surface area (Å²) in [6, 6.07) is 5.46. The van der Waals surface area contributed by atoms with Crippen molar-refractivity contribution in [1.82, 2.24) is 10.2 Å². The lowest BCUT2D eigenvalue weighted by Gasteiger charge is -2.24. The Labute approximate surface area is 107 Å². The van der Waals surface area contributed by atoms with E-state index in [1.54, 1.807) is 11.3 Å². The molecule has 1 aliphatic rings. The Balaban J connectivity index is 1.74. The molecule has 2 rings (SSSR count). The zero-order chi connectivity index (χ0) is 11.5. The van der Waals surface area contributed by atoms with Gasteiger partial charge < -0.3 is 5.32 Å². The van der Waals surface area contributed by atoms with Crippen molar-refractivity contribution in [2.75, 3.05) is 13.6 Å². The molecular formula is C12H19ClN2S. The Morgan fingerprint density at radius 2 is 2.31 bits per heavy atom. The molecule has 0 radical (unpaired) electrons. The summed E-state index contributed by atoms with van der Waals surface area (Å²) >= 11 is 7.60. The van der Waals surface area contributed by atoms with Crippen LogP contribution in [0.1, 0.15) is 24.6 Å². The molecule has 0 bridgehead atoms. The minimum absolute atomic E-state index is 0.571. The maximum Gasteiger partial charge on any atom is 0.0931 e. The second-order valence-corrected chi connectivity index (χ2v) is 6.45. The topological polar surface area (TPSA) is 15.3 Å². The molecular weight excluding hydrogens is 240 g/mol. The van der Waals surface area contributed by atoms with Gasteiger partial charge in [0.2, 0.25) is 0 Å². The average molecular weight is 259 g/mol. The molecule has 4 heteroatoms. The van der Waals surface area contributed by atoms with Gasteiger partial charge in [-0.05, 0) is 38.9 Å². The van der Waals surface area contributed by atoms with Gasteiger partial charge in [0.15, 0.2) is 0 Å². The fourth-order valence-corrected chi connectivity index (χ4v) is 2.77. The van der Waals surface area contributed by atoms with Gasteiger partial charge in [-0.3, -0.25) is 4.90 Å². The number of nitrogens with zero attached hydrogens (tertiary/aromatic N) is 1. The van der Waals surface area contributed by atoms with E-state index in [1.807, 2.05) is 6.07 Å². The summed E-state index contributed by atoms with van der Waals surface area (Å²) in [4.78, 5) is 3.71. The van der Waals surface area contributed by atoms with Crippen LogP contribution in [0.25, 0.3) is 0 Å². The average Bonchev–Trinajstić information content (AvgIpc) is 2.99. The van der Waals surface area contributed by atoms with E-state index in [9.17, 15) is 0 Å². The minimum atomic E-state index is 0.571. The summed E-state index contributed by atoms with van der Waals surface area (Å²) in [6.07, 6.45) is 2.72. The first-order valence-electron chi connectivity index (χ1n) is 5.83. The second-order valence-electron chi connectivity index (χ2n) is 4.65. The molecule has 0 saturated heterocycles. The molecule has 1 atom stereocenters. The SMILES string of the molecule is CC(CNC1CC1)N(C)Cc1ccc(Cl)s1. The van der Waals surface area contributed by atoms with Crippen LogP contribution in [0.4, 0.5) is 0 Å². The van der Waals surface area contributed by atoms with Gasteiger partial charge in [0.25, 0.3) is 0 Å². The fraction of sp³-hybridized carbons (Fsp3) is 0.667. The Kier molecular flexibility index (Phi) is 4.25. The van der Waals surface area contributed by atoms with Crippen LogP contribution >= 0.6 is 22.9 Å². The molecule has 1 aromatic rings. The highest BCUT2D eigenvalue weighted by Gasteiger charge is 2.21. The van der Waals surface area contributed by atoms with E-state index in [-0.39, 0.29) is 0 Å². The molecule has 90 valence electrons. The van der Waals surface area contributed by atoms with Gasteiger partial charge in [0.1, 0.15) is 0 Å². The number of halogens is 1. The van der Waals surface area contributed by atoms with Crippen molar-refractivity contribution in [3.63, 3.8) is 0 Å². The molecule has 0 aliphatic heterocycles. The van der Waals surface area contributed by atoms with Gasteiger partial charge in [-0.1, -0.05) is 11.6 Å². The zero-order valence-corrected chi connectivity index (χ0v) is 11.4. The van der Waals surface area contributed by atoms with Gasteiger partial charge >= 0.3 is 0 Å². The molecule has 0 amide bonds. The molecule has 1 aromatic heterocycles. The molecule has 2 nitrogen and oxygen atoms in total. The number of hydrogen-bond donors (Lipinski definition) is 1. The van der Waals surface area contributed by atoms with Crippen LogP contribution in [0.15, 0.2) is 12.1 Å². The summed E-state index contributed by atoms with van der Waals surface area (Å²) in [5.41, 5.74) is 0. The van der Waals surface area contributed by atoms with Crippen molar-refractivity contribution in [2.24, 2.45) is 0 Å². The predicted octanol–water partition coefficient (Wildman–Crippen LogP) is 2.97. The monoisotopic (exact) mass is 258 g/mol. The first-order valence-corrected chi connectivity index (χ1v) is 7.02. The normalized spacial score (nSPS) is 18.0. The Bertz CT molecular complexity index is 336. The Morgan fingerprint density at radius 1 is 1.56 bits per heavy atom. The summed E-state index contributed by atoms with van der Waals surface area (Å²) in [5, 5.41) is 3.56. The van der Waals surface area contributed by atoms with Crippen LogP contribution in [0.3, 0.4) is 0 Å². The first kappa shape index (κ1) is 12.4. The molecule has 1 unspecified atom stereocenters. The maximum absolute atomic E-state index is 5.92. The lowest BCUT2D eigenvalue weighted by atomic mass is 10.3. The van der Waals surface area contributed by atoms with Crippen molar-refractivity contribution in [3.8, 4) is 0 Å². The quantitative estimate of drug-likeness (QED) is 0.844. The Hall–Kier alpha value is -0.0900. The van der Waals surface area contributed by atoms with Crippen molar-refractivity contribution in [3.05, 3.63) is 21.3 Å². The van der Waals surface area contributed by atoms with Crippen molar-refractivity contribution < 1.29 is 0 Å². The lowest BCUT2D eigenvalue weighted by molar-refractivity contribution is 0.244. The third-order valence-corrected chi connectivity index (χ3v) is 4.28. The zero-order valence-electron chi connectivity index (χ0n) is 9.87. The molecule has 1 heterocycles. The third-order valence-electron chi connectivity index (χ3n) is 3.07. The van der Waals surface area contributed by atoms with Crippen molar-refractivity contribution >= 4 is 22.9 Å². The van der Waals surface area contributed by atoms with Gasteiger partial charge in [0, 0.05) is 30.1 Å². The van der Waals surface area contributed by atoms with Crippen LogP contribution in [0, 0.1) is 0 Å². The molecule has 1 fully saturated rings. The standard InChI is InChI=1S/C12H19ClN2S/c1-9(7-14-10-3-4-10)15(2)8-11-5-6-12(13)16-11/h5-6,9-10,14H,3-4,7-8H2,1-2H3. The van der Waals surface area contributed by atoms with Crippen LogP contribution in [0.2, 0.25) is 4.34 Å². The number of nitrogens with one attached hydrogen (secondary N) is 1. The second kappa shape index (κ2) is 5.50. The lowest BCUT2D eigenvalue weighted by Crippen LogP contribution is -2.38. The van der Waals surface area contributed by atoms with Crippen molar-refractivity contribution in [2.45, 2.75) is 38.4 Å². The highest BCUT2D eigenvalue weighted by Crippen LogP contribution is 2.23. The van der Waals surface area contributed by atoms with E-state index in [2.05, 4.69) is 30.3 Å². The smallest absolute Gasteiger partial charge is 0.0931 e. The molecule has 0 aromatic carbocycles. The summed E-state index contributed by atoms with van der Waals surface area (Å²) in [6.45, 7) is 4.34. The van der Waals surface area contributed by atoms with Gasteiger partial charge in [0.05, 0.1) is 4.34 Å². The fourth-order valence-electron chi connectivity index (χ4n) is 1.62. The molecule has 16 heavy (non-hydrogen) atoms. The minimum Gasteiger partial charge on any atom is -0.312 e. The van der Waals surface area contributed by atoms with Crippen molar-refractivity contribution in [1.29, 1.82) is 0 Å². The molecule has 0 spiro atoms. The highest BCUT2D eigenvalue weighted by atomic mass is 35.5. The number of hydrogen-bond acceptors (Lipinski definition) is 3. The number of rotatable bonds is 6. The van der Waals surface area contributed by atoms with Crippen LogP contribution < -0.4 is 5.32 Å². The summed E-state index contributed by atoms with van der Waals surface area (Å²) in [7, 11) is 2.17. The van der Waals surface area contributed by atoms with Gasteiger partial charge in [-0.15, -0.1) is 11.3 Å². The van der Waals surface area contributed by atoms with Crippen LogP contribution in [-0.2, 0) is 6.54 Å². The third kappa shape index (κ3) is 3.74. The van der Waals surface area contributed by atoms with E-state index in [0.29, 0.717) is 6.04 Å². The van der Waals surface area contributed by atoms with Gasteiger partial charge in [-0.25, -0.2) is 0 Å².